The summed E-state index contributed by atoms with van der Waals surface area (Å²) in [5.41, 5.74) is 0.925. The molecular formula is C18H24N2O4. The van der Waals surface area contributed by atoms with Crippen molar-refractivity contribution in [1.29, 1.82) is 0 Å². The number of hydrogen-bond donors (Lipinski definition) is 1. The van der Waals surface area contributed by atoms with E-state index < -0.39 is 0 Å². The van der Waals surface area contributed by atoms with Gasteiger partial charge in [-0.15, -0.1) is 0 Å². The summed E-state index contributed by atoms with van der Waals surface area (Å²) in [5.74, 6) is 1.41. The molecule has 1 aromatic carbocycles. The lowest BCUT2D eigenvalue weighted by Crippen LogP contribution is -2.39. The molecule has 0 saturated carbocycles. The van der Waals surface area contributed by atoms with Gasteiger partial charge in [0.1, 0.15) is 0 Å². The van der Waals surface area contributed by atoms with Crippen molar-refractivity contribution in [3.63, 3.8) is 0 Å². The lowest BCUT2D eigenvalue weighted by atomic mass is 9.96. The lowest BCUT2D eigenvalue weighted by Gasteiger charge is -2.26. The van der Waals surface area contributed by atoms with Crippen LogP contribution < -0.4 is 14.8 Å². The van der Waals surface area contributed by atoms with E-state index in [9.17, 15) is 9.59 Å². The van der Waals surface area contributed by atoms with Crippen molar-refractivity contribution in [2.24, 2.45) is 5.41 Å². The van der Waals surface area contributed by atoms with E-state index in [4.69, 9.17) is 9.47 Å². The summed E-state index contributed by atoms with van der Waals surface area (Å²) in [6, 6.07) is 5.39. The van der Waals surface area contributed by atoms with Gasteiger partial charge in [0.25, 0.3) is 0 Å². The number of hydrogen-bond acceptors (Lipinski definition) is 4. The highest BCUT2D eigenvalue weighted by molar-refractivity contribution is 5.83. The number of ether oxygens (including phenoxy) is 2. The Morgan fingerprint density at radius 3 is 2.79 bits per heavy atom. The molecule has 2 heterocycles. The van der Waals surface area contributed by atoms with E-state index in [1.54, 1.807) is 0 Å². The molecular weight excluding hydrogens is 308 g/mol. The molecule has 6 nitrogen and oxygen atoms in total. The van der Waals surface area contributed by atoms with Crippen LogP contribution in [0.4, 0.5) is 0 Å². The van der Waals surface area contributed by atoms with Crippen molar-refractivity contribution in [2.75, 3.05) is 19.9 Å². The van der Waals surface area contributed by atoms with Crippen molar-refractivity contribution in [3.05, 3.63) is 23.8 Å². The zero-order chi connectivity index (χ0) is 17.3. The number of nitrogens with zero attached hydrogens (tertiary/aromatic N) is 1. The standard InChI is InChI=1S/C18H24N2O4/c1-18(2,3)10-20-9-13(8-17(20)22)19-16(21)7-12-4-5-14-15(6-12)24-11-23-14/h4-6,13H,7-11H2,1-3H3,(H,19,21)/t13-/m0/s1. The van der Waals surface area contributed by atoms with Crippen LogP contribution in [0.1, 0.15) is 32.8 Å². The minimum absolute atomic E-state index is 0.0566. The van der Waals surface area contributed by atoms with Gasteiger partial charge < -0.3 is 19.7 Å². The smallest absolute Gasteiger partial charge is 0.231 e. The zero-order valence-corrected chi connectivity index (χ0v) is 14.4. The third-order valence-electron chi connectivity index (χ3n) is 4.05. The Bertz CT molecular complexity index is 651. The van der Waals surface area contributed by atoms with E-state index in [0.717, 1.165) is 5.56 Å². The van der Waals surface area contributed by atoms with E-state index in [0.29, 0.717) is 31.0 Å². The quantitative estimate of drug-likeness (QED) is 0.912. The second-order valence-electron chi connectivity index (χ2n) is 7.67. The minimum Gasteiger partial charge on any atom is -0.454 e. The summed E-state index contributed by atoms with van der Waals surface area (Å²) in [7, 11) is 0. The van der Waals surface area contributed by atoms with Crippen LogP contribution in [0.2, 0.25) is 0 Å². The number of rotatable bonds is 4. The average molecular weight is 332 g/mol. The molecule has 0 aromatic heterocycles. The first-order chi connectivity index (χ1) is 11.3. The fourth-order valence-electron chi connectivity index (χ4n) is 3.11. The summed E-state index contributed by atoms with van der Waals surface area (Å²) < 4.78 is 10.6. The predicted octanol–water partition coefficient (Wildman–Crippen LogP) is 1.72. The van der Waals surface area contributed by atoms with Crippen LogP contribution in [0.3, 0.4) is 0 Å². The molecule has 24 heavy (non-hydrogen) atoms. The highest BCUT2D eigenvalue weighted by Gasteiger charge is 2.32. The van der Waals surface area contributed by atoms with E-state index in [2.05, 4.69) is 26.1 Å². The Kier molecular flexibility index (Phi) is 4.39. The van der Waals surface area contributed by atoms with Crippen LogP contribution >= 0.6 is 0 Å². The van der Waals surface area contributed by atoms with Crippen molar-refractivity contribution >= 4 is 11.8 Å². The topological polar surface area (TPSA) is 67.9 Å². The predicted molar refractivity (Wildman–Crippen MR) is 88.9 cm³/mol. The Hall–Kier alpha value is -2.24. The van der Waals surface area contributed by atoms with Gasteiger partial charge in [-0.25, -0.2) is 0 Å². The summed E-state index contributed by atoms with van der Waals surface area (Å²) in [4.78, 5) is 26.2. The zero-order valence-electron chi connectivity index (χ0n) is 14.4. The Morgan fingerprint density at radius 2 is 2.04 bits per heavy atom. The van der Waals surface area contributed by atoms with Crippen molar-refractivity contribution in [2.45, 2.75) is 39.7 Å². The largest absolute Gasteiger partial charge is 0.454 e. The number of carbonyl (C=O) groups is 2. The number of benzene rings is 1. The monoisotopic (exact) mass is 332 g/mol. The Morgan fingerprint density at radius 1 is 1.29 bits per heavy atom. The van der Waals surface area contributed by atoms with Crippen LogP contribution in [0.15, 0.2) is 18.2 Å². The van der Waals surface area contributed by atoms with Gasteiger partial charge >= 0.3 is 0 Å². The molecule has 130 valence electrons. The fourth-order valence-corrected chi connectivity index (χ4v) is 3.11. The molecule has 1 N–H and O–H groups in total. The number of likely N-dealkylation sites (tertiary alicyclic amines) is 1. The Balaban J connectivity index is 1.53. The maximum absolute atomic E-state index is 12.3. The van der Waals surface area contributed by atoms with Crippen molar-refractivity contribution in [1.82, 2.24) is 10.2 Å². The normalized spacial score (nSPS) is 19.7. The molecule has 2 aliphatic heterocycles. The van der Waals surface area contributed by atoms with Gasteiger partial charge in [0, 0.05) is 19.5 Å². The van der Waals surface area contributed by atoms with E-state index in [-0.39, 0.29) is 36.5 Å². The molecule has 0 spiro atoms. The molecule has 3 rings (SSSR count). The average Bonchev–Trinajstić information content (AvgIpc) is 3.04. The van der Waals surface area contributed by atoms with Gasteiger partial charge in [0.05, 0.1) is 12.5 Å². The van der Waals surface area contributed by atoms with Crippen LogP contribution in [0, 0.1) is 5.41 Å². The molecule has 0 unspecified atom stereocenters. The number of carbonyl (C=O) groups excluding carboxylic acids is 2. The first-order valence-corrected chi connectivity index (χ1v) is 8.26. The van der Waals surface area contributed by atoms with Crippen LogP contribution in [-0.4, -0.2) is 42.6 Å². The van der Waals surface area contributed by atoms with E-state index in [1.807, 2.05) is 23.1 Å². The second-order valence-corrected chi connectivity index (χ2v) is 7.67. The molecule has 1 saturated heterocycles. The van der Waals surface area contributed by atoms with Gasteiger partial charge in [0.2, 0.25) is 18.6 Å². The Labute approximate surface area is 142 Å². The van der Waals surface area contributed by atoms with Crippen LogP contribution in [0.25, 0.3) is 0 Å². The maximum Gasteiger partial charge on any atom is 0.231 e. The molecule has 0 aliphatic carbocycles. The lowest BCUT2D eigenvalue weighted by molar-refractivity contribution is -0.128. The van der Waals surface area contributed by atoms with Gasteiger partial charge in [-0.1, -0.05) is 26.8 Å². The van der Waals surface area contributed by atoms with Gasteiger partial charge in [-0.3, -0.25) is 9.59 Å². The maximum atomic E-state index is 12.3. The molecule has 0 radical (unpaired) electrons. The number of fused-ring (bicyclic) bond motifs is 1. The summed E-state index contributed by atoms with van der Waals surface area (Å²) in [6.07, 6.45) is 0.642. The second kappa shape index (κ2) is 6.34. The molecule has 1 atom stereocenters. The highest BCUT2D eigenvalue weighted by atomic mass is 16.7. The van der Waals surface area contributed by atoms with Gasteiger partial charge in [0.15, 0.2) is 11.5 Å². The molecule has 2 amide bonds. The molecule has 2 aliphatic rings. The number of amides is 2. The van der Waals surface area contributed by atoms with Gasteiger partial charge in [-0.2, -0.15) is 0 Å². The summed E-state index contributed by atoms with van der Waals surface area (Å²) >= 11 is 0. The molecule has 6 heteroatoms. The third-order valence-corrected chi connectivity index (χ3v) is 4.05. The third kappa shape index (κ3) is 3.99. The van der Waals surface area contributed by atoms with Gasteiger partial charge in [-0.05, 0) is 23.1 Å². The first-order valence-electron chi connectivity index (χ1n) is 8.26. The molecule has 1 aromatic rings. The molecule has 0 bridgehead atoms. The van der Waals surface area contributed by atoms with Crippen molar-refractivity contribution in [3.8, 4) is 11.5 Å². The van der Waals surface area contributed by atoms with Crippen molar-refractivity contribution < 1.29 is 19.1 Å². The van der Waals surface area contributed by atoms with E-state index >= 15 is 0 Å². The fraction of sp³-hybridized carbons (Fsp3) is 0.556. The summed E-state index contributed by atoms with van der Waals surface area (Å²) in [6.45, 7) is 7.82. The highest BCUT2D eigenvalue weighted by Crippen LogP contribution is 2.32. The van der Waals surface area contributed by atoms with Crippen LogP contribution in [-0.2, 0) is 16.0 Å². The molecule has 1 fully saturated rings. The summed E-state index contributed by atoms with van der Waals surface area (Å²) in [5, 5.41) is 2.97. The van der Waals surface area contributed by atoms with E-state index in [1.165, 1.54) is 0 Å². The first kappa shape index (κ1) is 16.6. The number of nitrogens with one attached hydrogen (secondary N) is 1. The minimum atomic E-state index is -0.110. The SMILES string of the molecule is CC(C)(C)CN1C[C@@H](NC(=O)Cc2ccc3c(c2)OCO3)CC1=O. The van der Waals surface area contributed by atoms with Crippen LogP contribution in [0.5, 0.6) is 11.5 Å².